The minimum atomic E-state index is -3.17. The number of rotatable bonds is 4. The number of ether oxygens (including phenoxy) is 1. The van der Waals surface area contributed by atoms with Crippen LogP contribution in [-0.2, 0) is 25.8 Å². The molecule has 0 N–H and O–H groups in total. The topological polar surface area (TPSA) is 60.4 Å². The molecule has 0 bridgehead atoms. The van der Waals surface area contributed by atoms with Crippen LogP contribution in [0.15, 0.2) is 30.3 Å². The summed E-state index contributed by atoms with van der Waals surface area (Å²) in [6.45, 7) is 0. The lowest BCUT2D eigenvalue weighted by molar-refractivity contribution is -0.147. The maximum absolute atomic E-state index is 11.7. The van der Waals surface area contributed by atoms with Crippen molar-refractivity contribution in [2.75, 3.05) is 11.5 Å². The quantitative estimate of drug-likeness (QED) is 0.626. The van der Waals surface area contributed by atoms with Gasteiger partial charge in [-0.2, -0.15) is 0 Å². The molecule has 1 aliphatic heterocycles. The van der Waals surface area contributed by atoms with E-state index in [0.717, 1.165) is 5.56 Å². The lowest BCUT2D eigenvalue weighted by Gasteiger charge is -2.13. The van der Waals surface area contributed by atoms with Gasteiger partial charge in [-0.1, -0.05) is 30.3 Å². The number of benzene rings is 1. The molecule has 1 fully saturated rings. The van der Waals surface area contributed by atoms with Crippen molar-refractivity contribution >= 4 is 27.4 Å². The van der Waals surface area contributed by atoms with Gasteiger partial charge in [0, 0.05) is 6.42 Å². The molecular formula is C13H15ClO4S. The number of hydrogen-bond donors (Lipinski definition) is 0. The number of carbonyl (C=O) groups excluding carboxylic acids is 1. The third-order valence-electron chi connectivity index (χ3n) is 2.98. The second-order valence-corrected chi connectivity index (χ2v) is 7.32. The van der Waals surface area contributed by atoms with Crippen molar-refractivity contribution in [1.82, 2.24) is 0 Å². The summed E-state index contributed by atoms with van der Waals surface area (Å²) in [6, 6.07) is 9.57. The summed E-state index contributed by atoms with van der Waals surface area (Å²) in [5, 5.41) is -0.634. The van der Waals surface area contributed by atoms with Gasteiger partial charge < -0.3 is 4.74 Å². The Morgan fingerprint density at radius 2 is 1.95 bits per heavy atom. The monoisotopic (exact) mass is 302 g/mol. The van der Waals surface area contributed by atoms with Gasteiger partial charge in [-0.25, -0.2) is 8.42 Å². The Labute approximate surface area is 117 Å². The second kappa shape index (κ2) is 5.92. The van der Waals surface area contributed by atoms with E-state index in [1.165, 1.54) is 0 Å². The Kier molecular flexibility index (Phi) is 4.47. The summed E-state index contributed by atoms with van der Waals surface area (Å²) in [6.07, 6.45) is 0.0888. The standard InChI is InChI=1S/C13H15ClO4S/c14-11-8-19(16,17)9-12(11)18-13(15)7-6-10-4-2-1-3-5-10/h1-5,11-12H,6-9H2/t11-,12-/m0/s1. The van der Waals surface area contributed by atoms with E-state index in [0.29, 0.717) is 6.42 Å². The number of halogens is 1. The molecule has 1 heterocycles. The van der Waals surface area contributed by atoms with Gasteiger partial charge in [-0.3, -0.25) is 4.79 Å². The van der Waals surface area contributed by atoms with Crippen LogP contribution in [0.5, 0.6) is 0 Å². The van der Waals surface area contributed by atoms with Crippen molar-refractivity contribution in [1.29, 1.82) is 0 Å². The van der Waals surface area contributed by atoms with E-state index < -0.39 is 27.3 Å². The highest BCUT2D eigenvalue weighted by molar-refractivity contribution is 7.91. The first-order valence-electron chi connectivity index (χ1n) is 6.04. The highest BCUT2D eigenvalue weighted by Crippen LogP contribution is 2.21. The fourth-order valence-corrected chi connectivity index (χ4v) is 4.46. The number of esters is 1. The van der Waals surface area contributed by atoms with E-state index in [1.807, 2.05) is 30.3 Å². The lowest BCUT2D eigenvalue weighted by atomic mass is 10.1. The largest absolute Gasteiger partial charge is 0.460 e. The van der Waals surface area contributed by atoms with Crippen molar-refractivity contribution in [2.24, 2.45) is 0 Å². The molecule has 6 heteroatoms. The fraction of sp³-hybridized carbons (Fsp3) is 0.462. The Morgan fingerprint density at radius 3 is 2.53 bits per heavy atom. The number of aryl methyl sites for hydroxylation is 1. The zero-order valence-corrected chi connectivity index (χ0v) is 11.9. The van der Waals surface area contributed by atoms with Gasteiger partial charge in [-0.15, -0.1) is 11.6 Å². The zero-order valence-electron chi connectivity index (χ0n) is 10.3. The first-order chi connectivity index (χ1) is 8.96. The first-order valence-corrected chi connectivity index (χ1v) is 8.30. The third kappa shape index (κ3) is 4.21. The van der Waals surface area contributed by atoms with Crippen molar-refractivity contribution in [3.8, 4) is 0 Å². The van der Waals surface area contributed by atoms with Gasteiger partial charge in [0.2, 0.25) is 0 Å². The van der Waals surface area contributed by atoms with Gasteiger partial charge in [0.15, 0.2) is 9.84 Å². The summed E-state index contributed by atoms with van der Waals surface area (Å²) < 4.78 is 27.8. The maximum Gasteiger partial charge on any atom is 0.306 e. The number of hydrogen-bond acceptors (Lipinski definition) is 4. The molecule has 1 aromatic carbocycles. The molecule has 1 aliphatic rings. The van der Waals surface area contributed by atoms with Crippen molar-refractivity contribution < 1.29 is 17.9 Å². The molecule has 0 spiro atoms. The number of sulfone groups is 1. The van der Waals surface area contributed by atoms with E-state index >= 15 is 0 Å². The highest BCUT2D eigenvalue weighted by atomic mass is 35.5. The molecule has 0 radical (unpaired) electrons. The van der Waals surface area contributed by atoms with Gasteiger partial charge >= 0.3 is 5.97 Å². The summed E-state index contributed by atoms with van der Waals surface area (Å²) in [7, 11) is -3.17. The van der Waals surface area contributed by atoms with E-state index in [1.54, 1.807) is 0 Å². The van der Waals surface area contributed by atoms with Crippen LogP contribution in [-0.4, -0.2) is 37.4 Å². The van der Waals surface area contributed by atoms with Crippen LogP contribution >= 0.6 is 11.6 Å². The predicted molar refractivity (Wildman–Crippen MR) is 72.9 cm³/mol. The zero-order chi connectivity index (χ0) is 13.9. The number of alkyl halides is 1. The van der Waals surface area contributed by atoms with Crippen molar-refractivity contribution in [2.45, 2.75) is 24.3 Å². The highest BCUT2D eigenvalue weighted by Gasteiger charge is 2.38. The SMILES string of the molecule is O=C(CCc1ccccc1)O[C@H]1CS(=O)(=O)C[C@@H]1Cl. The van der Waals surface area contributed by atoms with Gasteiger partial charge in [0.1, 0.15) is 6.10 Å². The minimum Gasteiger partial charge on any atom is -0.460 e. The van der Waals surface area contributed by atoms with Crippen molar-refractivity contribution in [3.05, 3.63) is 35.9 Å². The van der Waals surface area contributed by atoms with Crippen LogP contribution in [0.1, 0.15) is 12.0 Å². The summed E-state index contributed by atoms with van der Waals surface area (Å²) >= 11 is 5.87. The normalized spacial score (nSPS) is 25.1. The lowest BCUT2D eigenvalue weighted by Crippen LogP contribution is -2.26. The smallest absolute Gasteiger partial charge is 0.306 e. The molecule has 4 nitrogen and oxygen atoms in total. The molecule has 104 valence electrons. The molecule has 1 saturated heterocycles. The fourth-order valence-electron chi connectivity index (χ4n) is 2.00. The van der Waals surface area contributed by atoms with E-state index in [9.17, 15) is 13.2 Å². The molecule has 0 amide bonds. The van der Waals surface area contributed by atoms with Crippen molar-refractivity contribution in [3.63, 3.8) is 0 Å². The summed E-state index contributed by atoms with van der Waals surface area (Å²) in [5.74, 6) is -0.694. The average Bonchev–Trinajstić information content (AvgIpc) is 2.61. The predicted octanol–water partition coefficient (Wildman–Crippen LogP) is 1.57. The Morgan fingerprint density at radius 1 is 1.26 bits per heavy atom. The van der Waals surface area contributed by atoms with E-state index in [-0.39, 0.29) is 17.9 Å². The molecule has 19 heavy (non-hydrogen) atoms. The Hall–Kier alpha value is -1.07. The average molecular weight is 303 g/mol. The van der Waals surface area contributed by atoms with Crippen LogP contribution in [0, 0.1) is 0 Å². The maximum atomic E-state index is 11.7. The van der Waals surface area contributed by atoms with E-state index in [4.69, 9.17) is 16.3 Å². The summed E-state index contributed by atoms with van der Waals surface area (Å²) in [4.78, 5) is 11.7. The van der Waals surface area contributed by atoms with Gasteiger partial charge in [-0.05, 0) is 12.0 Å². The van der Waals surface area contributed by atoms with Crippen LogP contribution in [0.3, 0.4) is 0 Å². The van der Waals surface area contributed by atoms with Crippen LogP contribution in [0.25, 0.3) is 0 Å². The number of carbonyl (C=O) groups is 1. The minimum absolute atomic E-state index is 0.120. The molecule has 0 aliphatic carbocycles. The molecule has 2 atom stereocenters. The molecular weight excluding hydrogens is 288 g/mol. The molecule has 0 unspecified atom stereocenters. The van der Waals surface area contributed by atoms with E-state index in [2.05, 4.69) is 0 Å². The van der Waals surface area contributed by atoms with Gasteiger partial charge in [0.25, 0.3) is 0 Å². The molecule has 2 rings (SSSR count). The van der Waals surface area contributed by atoms with Gasteiger partial charge in [0.05, 0.1) is 16.9 Å². The van der Waals surface area contributed by atoms with Crippen LogP contribution in [0.2, 0.25) is 0 Å². The van der Waals surface area contributed by atoms with Crippen LogP contribution < -0.4 is 0 Å². The molecule has 0 saturated carbocycles. The molecule has 0 aromatic heterocycles. The first kappa shape index (κ1) is 14.3. The Balaban J connectivity index is 1.82. The summed E-state index contributed by atoms with van der Waals surface area (Å²) in [5.41, 5.74) is 1.04. The Bertz CT molecular complexity index is 541. The third-order valence-corrected chi connectivity index (χ3v) is 5.30. The second-order valence-electron chi connectivity index (χ2n) is 4.61. The van der Waals surface area contributed by atoms with Crippen LogP contribution in [0.4, 0.5) is 0 Å². The molecule has 1 aromatic rings.